The smallest absolute Gasteiger partial charge is 0.387 e. The van der Waals surface area contributed by atoms with Crippen molar-refractivity contribution in [3.8, 4) is 17.0 Å². The van der Waals surface area contributed by atoms with Crippen LogP contribution >= 0.6 is 0 Å². The van der Waals surface area contributed by atoms with Gasteiger partial charge < -0.3 is 24.8 Å². The van der Waals surface area contributed by atoms with E-state index in [1.165, 1.54) is 12.3 Å². The van der Waals surface area contributed by atoms with Crippen molar-refractivity contribution in [2.45, 2.75) is 50.4 Å². The molecule has 2 bridgehead atoms. The number of halogens is 2. The highest BCUT2D eigenvalue weighted by atomic mass is 19.3. The fraction of sp³-hybridized carbons (Fsp3) is 0.571. The summed E-state index contributed by atoms with van der Waals surface area (Å²) in [7, 11) is 0. The van der Waals surface area contributed by atoms with Crippen LogP contribution in [0.2, 0.25) is 0 Å². The summed E-state index contributed by atoms with van der Waals surface area (Å²) in [5.41, 5.74) is 6.88. The van der Waals surface area contributed by atoms with Crippen LogP contribution in [0.4, 0.5) is 20.4 Å². The summed E-state index contributed by atoms with van der Waals surface area (Å²) in [4.78, 5) is 16.0. The standard InChI is InChI=1S/C21H25F2N5O3/c22-21(23)31-17-7-13(9-25-19(17)24)16-8-18(28-10-15-2-1-14(28)11-30-15)27-20(26-16)12-3-5-29-6-4-12/h7-9,12,14-15,21H,1-6,10-11H2,(H2,24,25)/t14-,15-/m0/s1. The number of rotatable bonds is 5. The summed E-state index contributed by atoms with van der Waals surface area (Å²) in [6.07, 6.45) is 5.54. The minimum absolute atomic E-state index is 0.0894. The lowest BCUT2D eigenvalue weighted by molar-refractivity contribution is -0.0494. The lowest BCUT2D eigenvalue weighted by atomic mass is 9.96. The molecule has 4 aliphatic rings. The second-order valence-electron chi connectivity index (χ2n) is 8.18. The first-order valence-corrected chi connectivity index (χ1v) is 10.6. The lowest BCUT2D eigenvalue weighted by Gasteiger charge is -2.45. The third kappa shape index (κ3) is 4.27. The number of ether oxygens (including phenoxy) is 3. The van der Waals surface area contributed by atoms with E-state index >= 15 is 0 Å². The molecule has 0 spiro atoms. The molecule has 4 aliphatic heterocycles. The number of morpholine rings is 1. The number of hydrogen-bond acceptors (Lipinski definition) is 8. The van der Waals surface area contributed by atoms with Gasteiger partial charge in [0.05, 0.1) is 24.4 Å². The van der Waals surface area contributed by atoms with Crippen LogP contribution in [-0.2, 0) is 9.47 Å². The van der Waals surface area contributed by atoms with Crippen LogP contribution in [-0.4, -0.2) is 60.1 Å². The molecule has 6 heterocycles. The molecule has 2 aromatic rings. The Morgan fingerprint density at radius 2 is 1.97 bits per heavy atom. The van der Waals surface area contributed by atoms with E-state index in [-0.39, 0.29) is 29.6 Å². The van der Waals surface area contributed by atoms with Gasteiger partial charge in [0.25, 0.3) is 0 Å². The first-order valence-electron chi connectivity index (χ1n) is 10.6. The maximum absolute atomic E-state index is 12.8. The molecule has 31 heavy (non-hydrogen) atoms. The van der Waals surface area contributed by atoms with E-state index < -0.39 is 6.61 Å². The molecule has 0 aliphatic carbocycles. The van der Waals surface area contributed by atoms with Crippen LogP contribution < -0.4 is 15.4 Å². The summed E-state index contributed by atoms with van der Waals surface area (Å²) in [5.74, 6) is 1.51. The quantitative estimate of drug-likeness (QED) is 0.769. The molecule has 10 heteroatoms. The molecule has 2 aromatic heterocycles. The number of nitrogen functional groups attached to an aromatic ring is 1. The molecule has 0 unspecified atom stereocenters. The van der Waals surface area contributed by atoms with Crippen LogP contribution in [0.3, 0.4) is 0 Å². The van der Waals surface area contributed by atoms with Crippen molar-refractivity contribution < 1.29 is 23.0 Å². The van der Waals surface area contributed by atoms with Crippen LogP contribution in [0.25, 0.3) is 11.3 Å². The third-order valence-electron chi connectivity index (χ3n) is 6.19. The first-order chi connectivity index (χ1) is 15.1. The van der Waals surface area contributed by atoms with Gasteiger partial charge in [-0.25, -0.2) is 15.0 Å². The molecule has 2 N–H and O–H groups in total. The largest absolute Gasteiger partial charge is 0.431 e. The molecule has 0 radical (unpaired) electrons. The Bertz CT molecular complexity index is 933. The Kier molecular flexibility index (Phi) is 5.58. The van der Waals surface area contributed by atoms with Crippen molar-refractivity contribution in [2.75, 3.05) is 37.0 Å². The van der Waals surface area contributed by atoms with Gasteiger partial charge in [-0.3, -0.25) is 0 Å². The fourth-order valence-corrected chi connectivity index (χ4v) is 4.50. The van der Waals surface area contributed by atoms with Crippen LogP contribution in [0.15, 0.2) is 18.3 Å². The van der Waals surface area contributed by atoms with E-state index in [1.807, 2.05) is 6.07 Å². The number of pyridine rings is 1. The Morgan fingerprint density at radius 1 is 1.13 bits per heavy atom. The van der Waals surface area contributed by atoms with Crippen molar-refractivity contribution in [3.05, 3.63) is 24.2 Å². The zero-order valence-electron chi connectivity index (χ0n) is 17.0. The number of hydrogen-bond donors (Lipinski definition) is 1. The monoisotopic (exact) mass is 433 g/mol. The second kappa shape index (κ2) is 8.51. The zero-order valence-corrected chi connectivity index (χ0v) is 17.0. The number of aromatic nitrogens is 3. The molecular formula is C21H25F2N5O3. The Morgan fingerprint density at radius 3 is 2.65 bits per heavy atom. The van der Waals surface area contributed by atoms with Gasteiger partial charge in [-0.1, -0.05) is 0 Å². The lowest BCUT2D eigenvalue weighted by Crippen LogP contribution is -2.55. The maximum Gasteiger partial charge on any atom is 0.387 e. The molecule has 4 saturated heterocycles. The number of anilines is 2. The molecule has 0 saturated carbocycles. The molecule has 166 valence electrons. The fourth-order valence-electron chi connectivity index (χ4n) is 4.50. The van der Waals surface area contributed by atoms with Gasteiger partial charge in [0, 0.05) is 43.5 Å². The van der Waals surface area contributed by atoms with Gasteiger partial charge in [-0.2, -0.15) is 8.78 Å². The highest BCUT2D eigenvalue weighted by molar-refractivity contribution is 5.67. The highest BCUT2D eigenvalue weighted by Crippen LogP contribution is 2.35. The van der Waals surface area contributed by atoms with Gasteiger partial charge in [0.2, 0.25) is 0 Å². The topological polar surface area (TPSA) is 95.6 Å². The van der Waals surface area contributed by atoms with Crippen molar-refractivity contribution in [1.29, 1.82) is 0 Å². The highest BCUT2D eigenvalue weighted by Gasteiger charge is 2.36. The van der Waals surface area contributed by atoms with Crippen molar-refractivity contribution >= 4 is 11.6 Å². The Hall–Kier alpha value is -2.59. The minimum Gasteiger partial charge on any atom is -0.431 e. The summed E-state index contributed by atoms with van der Waals surface area (Å²) < 4.78 is 41.4. The van der Waals surface area contributed by atoms with Crippen LogP contribution in [0.1, 0.15) is 37.4 Å². The van der Waals surface area contributed by atoms with E-state index in [4.69, 9.17) is 25.2 Å². The predicted octanol–water partition coefficient (Wildman–Crippen LogP) is 2.98. The van der Waals surface area contributed by atoms with Gasteiger partial charge in [-0.15, -0.1) is 0 Å². The van der Waals surface area contributed by atoms with Crippen molar-refractivity contribution in [2.24, 2.45) is 0 Å². The summed E-state index contributed by atoms with van der Waals surface area (Å²) in [5, 5.41) is 0. The van der Waals surface area contributed by atoms with Gasteiger partial charge in [0.15, 0.2) is 11.6 Å². The van der Waals surface area contributed by atoms with Gasteiger partial charge >= 0.3 is 6.61 Å². The van der Waals surface area contributed by atoms with Crippen molar-refractivity contribution in [3.63, 3.8) is 0 Å². The molecule has 2 atom stereocenters. The third-order valence-corrected chi connectivity index (χ3v) is 6.19. The molecule has 4 fully saturated rings. The van der Waals surface area contributed by atoms with Crippen molar-refractivity contribution in [1.82, 2.24) is 15.0 Å². The van der Waals surface area contributed by atoms with Gasteiger partial charge in [0.1, 0.15) is 11.6 Å². The first kappa shape index (κ1) is 20.3. The minimum atomic E-state index is -2.98. The van der Waals surface area contributed by atoms with Crippen LogP contribution in [0, 0.1) is 0 Å². The molecule has 6 rings (SSSR count). The van der Waals surface area contributed by atoms with Gasteiger partial charge in [-0.05, 0) is 31.7 Å². The Balaban J connectivity index is 1.55. The average Bonchev–Trinajstić information content (AvgIpc) is 2.81. The van der Waals surface area contributed by atoms with E-state index in [0.29, 0.717) is 31.1 Å². The predicted molar refractivity (Wildman–Crippen MR) is 109 cm³/mol. The average molecular weight is 433 g/mol. The van der Waals surface area contributed by atoms with E-state index in [2.05, 4.69) is 14.6 Å². The Labute approximate surface area is 178 Å². The zero-order chi connectivity index (χ0) is 21.4. The number of piperidine rings is 1. The molecular weight excluding hydrogens is 408 g/mol. The SMILES string of the molecule is Nc1ncc(-c2cc(N3C[C@@H]4CC[C@H]3CO4)nc(C3CCOCC3)n2)cc1OC(F)F. The summed E-state index contributed by atoms with van der Waals surface area (Å²) in [6.45, 7) is -0.167. The normalized spacial score (nSPS) is 24.0. The number of nitrogens with zero attached hydrogens (tertiary/aromatic N) is 4. The van der Waals surface area contributed by atoms with E-state index in [0.717, 1.165) is 43.9 Å². The molecule has 0 aromatic carbocycles. The van der Waals surface area contributed by atoms with E-state index in [9.17, 15) is 8.78 Å². The second-order valence-corrected chi connectivity index (χ2v) is 8.18. The number of fused-ring (bicyclic) bond motifs is 3. The summed E-state index contributed by atoms with van der Waals surface area (Å²) in [6, 6.07) is 3.63. The van der Waals surface area contributed by atoms with E-state index in [1.54, 1.807) is 0 Å². The number of alkyl halides is 2. The van der Waals surface area contributed by atoms with Crippen LogP contribution in [0.5, 0.6) is 5.75 Å². The maximum atomic E-state index is 12.8. The number of nitrogens with two attached hydrogens (primary N) is 1. The molecule has 0 amide bonds. The molecule has 8 nitrogen and oxygen atoms in total. The summed E-state index contributed by atoms with van der Waals surface area (Å²) >= 11 is 0.